The molecule has 186 valence electrons. The lowest BCUT2D eigenvalue weighted by Gasteiger charge is -2.25. The number of nitrogens with two attached hydrogens (primary N) is 1. The van der Waals surface area contributed by atoms with E-state index in [9.17, 15) is 10.1 Å². The Bertz CT molecular complexity index is 1520. The highest BCUT2D eigenvalue weighted by molar-refractivity contribution is 5.89. The molecule has 0 spiro atoms. The van der Waals surface area contributed by atoms with Crippen LogP contribution in [-0.2, 0) is 0 Å². The summed E-state index contributed by atoms with van der Waals surface area (Å²) in [5, 5.41) is 17.4. The molecule has 0 bridgehead atoms. The summed E-state index contributed by atoms with van der Waals surface area (Å²) in [6.07, 6.45) is 1.37. The van der Waals surface area contributed by atoms with Gasteiger partial charge < -0.3 is 29.1 Å². The van der Waals surface area contributed by atoms with Gasteiger partial charge in [0.05, 0.1) is 37.7 Å². The number of carbonyl (C=O) groups excluding carboxylic acids is 1. The molecule has 0 fully saturated rings. The van der Waals surface area contributed by atoms with Crippen molar-refractivity contribution in [3.8, 4) is 40.5 Å². The second kappa shape index (κ2) is 9.47. The molecule has 10 nitrogen and oxygen atoms in total. The number of furan rings is 1. The van der Waals surface area contributed by atoms with E-state index >= 15 is 0 Å². The molecule has 0 amide bonds. The number of nitrogens with one attached hydrogen (secondary N) is 1. The zero-order chi connectivity index (χ0) is 26.1. The third-order valence-corrected chi connectivity index (χ3v) is 6.01. The normalized spacial score (nSPS) is 14.4. The Kier molecular flexibility index (Phi) is 6.03. The van der Waals surface area contributed by atoms with Crippen LogP contribution in [0.1, 0.15) is 33.2 Å². The zero-order valence-corrected chi connectivity index (χ0v) is 20.2. The number of rotatable bonds is 6. The van der Waals surface area contributed by atoms with Gasteiger partial charge in [0, 0.05) is 5.56 Å². The fourth-order valence-electron chi connectivity index (χ4n) is 4.22. The summed E-state index contributed by atoms with van der Waals surface area (Å²) in [5.41, 5.74) is 10.2. The average molecular weight is 498 g/mol. The maximum atomic E-state index is 12.6. The van der Waals surface area contributed by atoms with Crippen LogP contribution in [0, 0.1) is 18.3 Å². The summed E-state index contributed by atoms with van der Waals surface area (Å²) in [4.78, 5) is 12.6. The lowest BCUT2D eigenvalue weighted by atomic mass is 9.82. The van der Waals surface area contributed by atoms with Crippen molar-refractivity contribution in [2.45, 2.75) is 12.8 Å². The monoisotopic (exact) mass is 498 g/mol. The zero-order valence-electron chi connectivity index (χ0n) is 20.2. The Morgan fingerprint density at radius 1 is 1.14 bits per heavy atom. The minimum absolute atomic E-state index is 0.0193. The number of aromatic amines is 1. The summed E-state index contributed by atoms with van der Waals surface area (Å²) in [6.45, 7) is 1.99. The Hall–Kier alpha value is -5.17. The number of methoxy groups -OCH3 is 2. The first-order chi connectivity index (χ1) is 17.9. The Balaban J connectivity index is 1.66. The fourth-order valence-corrected chi connectivity index (χ4v) is 4.22. The van der Waals surface area contributed by atoms with Crippen LogP contribution in [0.25, 0.3) is 11.3 Å². The SMILES string of the molecule is COc1cc([C@@H]2C(C#N)=C(N)Oc3n[nH]c(-c4ccc(C)cc4)c32)cc(OC)c1OC(=O)c1ccco1. The van der Waals surface area contributed by atoms with Crippen LogP contribution >= 0.6 is 0 Å². The first kappa shape index (κ1) is 23.6. The second-order valence-corrected chi connectivity index (χ2v) is 8.23. The van der Waals surface area contributed by atoms with E-state index in [-0.39, 0.29) is 40.3 Å². The van der Waals surface area contributed by atoms with E-state index in [0.717, 1.165) is 11.1 Å². The molecule has 4 aromatic rings. The number of benzene rings is 2. The smallest absolute Gasteiger partial charge is 0.379 e. The lowest BCUT2D eigenvalue weighted by Crippen LogP contribution is -2.21. The minimum Gasteiger partial charge on any atom is -0.493 e. The van der Waals surface area contributed by atoms with Crippen molar-refractivity contribution in [1.29, 1.82) is 5.26 Å². The van der Waals surface area contributed by atoms with Crippen LogP contribution < -0.4 is 24.7 Å². The molecule has 3 heterocycles. The number of fused-ring (bicyclic) bond motifs is 1. The van der Waals surface area contributed by atoms with Gasteiger partial charge in [0.25, 0.3) is 0 Å². The number of allylic oxidation sites excluding steroid dienone is 1. The molecule has 37 heavy (non-hydrogen) atoms. The number of carbonyl (C=O) groups is 1. The molecular weight excluding hydrogens is 476 g/mol. The van der Waals surface area contributed by atoms with E-state index < -0.39 is 11.9 Å². The Morgan fingerprint density at radius 2 is 1.84 bits per heavy atom. The van der Waals surface area contributed by atoms with Gasteiger partial charge in [-0.05, 0) is 36.8 Å². The van der Waals surface area contributed by atoms with Crippen LogP contribution in [0.15, 0.2) is 70.7 Å². The molecule has 0 aliphatic carbocycles. The molecule has 0 unspecified atom stereocenters. The molecule has 10 heteroatoms. The summed E-state index contributed by atoms with van der Waals surface area (Å²) < 4.78 is 27.5. The Morgan fingerprint density at radius 3 is 2.43 bits per heavy atom. The summed E-state index contributed by atoms with van der Waals surface area (Å²) >= 11 is 0. The maximum absolute atomic E-state index is 12.6. The number of hydrogen-bond acceptors (Lipinski definition) is 9. The van der Waals surface area contributed by atoms with Gasteiger partial charge in [-0.3, -0.25) is 5.10 Å². The van der Waals surface area contributed by atoms with Crippen LogP contribution in [-0.4, -0.2) is 30.4 Å². The molecule has 2 aromatic carbocycles. The van der Waals surface area contributed by atoms with E-state index in [1.54, 1.807) is 18.2 Å². The molecule has 0 saturated carbocycles. The molecule has 3 N–H and O–H groups in total. The first-order valence-corrected chi connectivity index (χ1v) is 11.2. The van der Waals surface area contributed by atoms with Crippen molar-refractivity contribution < 1.29 is 28.2 Å². The van der Waals surface area contributed by atoms with Gasteiger partial charge in [0.2, 0.25) is 23.3 Å². The van der Waals surface area contributed by atoms with E-state index in [4.69, 9.17) is 29.1 Å². The van der Waals surface area contributed by atoms with Crippen LogP contribution in [0.3, 0.4) is 0 Å². The largest absolute Gasteiger partial charge is 0.493 e. The molecule has 1 atom stereocenters. The third-order valence-electron chi connectivity index (χ3n) is 6.01. The number of H-pyrrole nitrogens is 1. The van der Waals surface area contributed by atoms with Crippen molar-refractivity contribution >= 4 is 5.97 Å². The summed E-state index contributed by atoms with van der Waals surface area (Å²) in [7, 11) is 2.87. The second-order valence-electron chi connectivity index (χ2n) is 8.23. The highest BCUT2D eigenvalue weighted by Gasteiger charge is 2.37. The van der Waals surface area contributed by atoms with Crippen LogP contribution in [0.2, 0.25) is 0 Å². The van der Waals surface area contributed by atoms with Gasteiger partial charge in [0.15, 0.2) is 11.5 Å². The highest BCUT2D eigenvalue weighted by Crippen LogP contribution is 2.49. The summed E-state index contributed by atoms with van der Waals surface area (Å²) in [5.74, 6) is -0.717. The van der Waals surface area contributed by atoms with Crippen molar-refractivity contribution in [2.75, 3.05) is 14.2 Å². The van der Waals surface area contributed by atoms with Gasteiger partial charge in [-0.1, -0.05) is 29.8 Å². The topological polar surface area (TPSA) is 146 Å². The predicted molar refractivity (Wildman–Crippen MR) is 131 cm³/mol. The highest BCUT2D eigenvalue weighted by atomic mass is 16.6. The predicted octanol–water partition coefficient (Wildman–Crippen LogP) is 4.43. The van der Waals surface area contributed by atoms with Crippen molar-refractivity contribution in [1.82, 2.24) is 10.2 Å². The van der Waals surface area contributed by atoms with Crippen molar-refractivity contribution in [3.05, 3.63) is 88.7 Å². The number of hydrogen-bond donors (Lipinski definition) is 2. The van der Waals surface area contributed by atoms with Crippen molar-refractivity contribution in [2.24, 2.45) is 5.73 Å². The first-order valence-electron chi connectivity index (χ1n) is 11.2. The molecule has 1 aliphatic rings. The van der Waals surface area contributed by atoms with Crippen LogP contribution in [0.5, 0.6) is 23.1 Å². The number of nitrogens with zero attached hydrogens (tertiary/aromatic N) is 2. The number of aromatic nitrogens is 2. The average Bonchev–Trinajstić information content (AvgIpc) is 3.59. The minimum atomic E-state index is -0.721. The maximum Gasteiger partial charge on any atom is 0.379 e. The van der Waals surface area contributed by atoms with E-state index in [2.05, 4.69) is 16.3 Å². The molecule has 0 radical (unpaired) electrons. The lowest BCUT2D eigenvalue weighted by molar-refractivity contribution is 0.0691. The van der Waals surface area contributed by atoms with Gasteiger partial charge in [-0.2, -0.15) is 5.26 Å². The van der Waals surface area contributed by atoms with Crippen molar-refractivity contribution in [3.63, 3.8) is 0 Å². The summed E-state index contributed by atoms with van der Waals surface area (Å²) in [6, 6.07) is 16.4. The molecular formula is C27H22N4O6. The van der Waals surface area contributed by atoms with Gasteiger partial charge in [-0.25, -0.2) is 4.79 Å². The quantitative estimate of drug-likeness (QED) is 0.291. The van der Waals surface area contributed by atoms with Gasteiger partial charge >= 0.3 is 5.97 Å². The molecule has 1 aliphatic heterocycles. The fraction of sp³-hybridized carbons (Fsp3) is 0.148. The van der Waals surface area contributed by atoms with Gasteiger partial charge in [0.1, 0.15) is 11.6 Å². The van der Waals surface area contributed by atoms with E-state index in [1.807, 2.05) is 31.2 Å². The number of ether oxygens (including phenoxy) is 4. The van der Waals surface area contributed by atoms with Gasteiger partial charge in [-0.15, -0.1) is 5.10 Å². The van der Waals surface area contributed by atoms with E-state index in [1.165, 1.54) is 26.5 Å². The van der Waals surface area contributed by atoms with Crippen LogP contribution in [0.4, 0.5) is 0 Å². The Labute approximate surface area is 211 Å². The standard InChI is InChI=1S/C27H22N4O6/c1-14-6-8-15(9-7-14)23-22-21(17(13-28)25(29)37-26(22)31-30-23)16-11-19(33-2)24(20(12-16)34-3)36-27(32)18-5-4-10-35-18/h4-12,21H,29H2,1-3H3,(H,30,31)/t21-/m1/s1. The molecule has 2 aromatic heterocycles. The number of nitriles is 1. The number of esters is 1. The van der Waals surface area contributed by atoms with E-state index in [0.29, 0.717) is 16.8 Å². The third kappa shape index (κ3) is 4.12. The number of aryl methyl sites for hydroxylation is 1. The molecule has 5 rings (SSSR count). The molecule has 0 saturated heterocycles.